The number of hydrogen-bond acceptors (Lipinski definition) is 7. The van der Waals surface area contributed by atoms with E-state index in [9.17, 15) is 13.2 Å². The molecule has 7 nitrogen and oxygen atoms in total. The number of nitrogens with one attached hydrogen (secondary N) is 1. The first-order valence-electron chi connectivity index (χ1n) is 12.3. The number of hydrogen-bond donors (Lipinski definition) is 2. The second-order valence-electron chi connectivity index (χ2n) is 10.1. The molecule has 10 heteroatoms. The van der Waals surface area contributed by atoms with Crippen LogP contribution in [0.15, 0.2) is 36.7 Å². The van der Waals surface area contributed by atoms with Gasteiger partial charge in [0.25, 0.3) is 0 Å². The first kappa shape index (κ1) is 24.7. The van der Waals surface area contributed by atoms with Crippen molar-refractivity contribution in [3.8, 4) is 0 Å². The van der Waals surface area contributed by atoms with Crippen LogP contribution < -0.4 is 16.0 Å². The Morgan fingerprint density at radius 3 is 2.64 bits per heavy atom. The molecule has 2 aromatic heterocycles. The van der Waals surface area contributed by atoms with Gasteiger partial charge >= 0.3 is 6.18 Å². The van der Waals surface area contributed by atoms with Gasteiger partial charge in [-0.25, -0.2) is 0 Å². The van der Waals surface area contributed by atoms with Crippen molar-refractivity contribution in [2.45, 2.75) is 58.0 Å². The average Bonchev–Trinajstić information content (AvgIpc) is 3.12. The molecule has 0 aliphatic carbocycles. The second kappa shape index (κ2) is 9.15. The molecule has 2 aliphatic heterocycles. The molecule has 1 spiro atoms. The van der Waals surface area contributed by atoms with Crippen LogP contribution in [0.2, 0.25) is 0 Å². The first-order chi connectivity index (χ1) is 17.1. The van der Waals surface area contributed by atoms with Crippen LogP contribution >= 0.6 is 0 Å². The van der Waals surface area contributed by atoms with E-state index in [2.05, 4.69) is 25.4 Å². The third-order valence-electron chi connectivity index (χ3n) is 7.97. The summed E-state index contributed by atoms with van der Waals surface area (Å²) >= 11 is 0. The summed E-state index contributed by atoms with van der Waals surface area (Å²) in [6.45, 7) is 7.75. The van der Waals surface area contributed by atoms with Gasteiger partial charge in [0.15, 0.2) is 5.82 Å². The molecule has 0 unspecified atom stereocenters. The molecule has 5 rings (SSSR count). The van der Waals surface area contributed by atoms with Gasteiger partial charge in [0.1, 0.15) is 0 Å². The Bertz CT molecular complexity index is 1260. The lowest BCUT2D eigenvalue weighted by molar-refractivity contribution is -0.138. The molecule has 0 amide bonds. The van der Waals surface area contributed by atoms with E-state index in [-0.39, 0.29) is 23.1 Å². The molecule has 3 atom stereocenters. The van der Waals surface area contributed by atoms with Crippen LogP contribution in [0.25, 0.3) is 10.9 Å². The molecule has 1 aromatic carbocycles. The average molecular weight is 501 g/mol. The predicted octanol–water partition coefficient (Wildman–Crippen LogP) is 4.86. The Kier molecular flexibility index (Phi) is 6.28. The maximum absolute atomic E-state index is 13.4. The summed E-state index contributed by atoms with van der Waals surface area (Å²) in [5, 5.41) is 12.3. The number of pyridine rings is 1. The van der Waals surface area contributed by atoms with Crippen molar-refractivity contribution in [3.63, 3.8) is 0 Å². The standard InChI is InChI=1S/C26H31F3N6O/c1-15-19(5-4-6-21(15)26(27,28)29)16(2)33-24-20-11-18(12-31-22(20)13-32-34-24)35-9-7-25(8-10-35)14-36-17(3)23(25)30/h4-6,11-13,16-17,23H,7-10,14,30H2,1-3H3,(H,33,34)/t16-,17+,23-/m1/s1. The maximum atomic E-state index is 13.4. The highest BCUT2D eigenvalue weighted by Crippen LogP contribution is 2.42. The van der Waals surface area contributed by atoms with E-state index < -0.39 is 17.8 Å². The van der Waals surface area contributed by atoms with E-state index >= 15 is 0 Å². The lowest BCUT2D eigenvalue weighted by atomic mass is 9.73. The quantitative estimate of drug-likeness (QED) is 0.529. The largest absolute Gasteiger partial charge is 0.416 e. The minimum absolute atomic E-state index is 0.0244. The zero-order valence-electron chi connectivity index (χ0n) is 20.6. The zero-order valence-corrected chi connectivity index (χ0v) is 20.6. The summed E-state index contributed by atoms with van der Waals surface area (Å²) in [5.41, 5.74) is 8.24. The van der Waals surface area contributed by atoms with Gasteiger partial charge in [-0.05, 0) is 56.9 Å². The van der Waals surface area contributed by atoms with Crippen molar-refractivity contribution in [2.75, 3.05) is 29.9 Å². The smallest absolute Gasteiger partial charge is 0.376 e. The van der Waals surface area contributed by atoms with Gasteiger partial charge in [-0.15, -0.1) is 5.10 Å². The highest BCUT2D eigenvalue weighted by molar-refractivity contribution is 5.90. The molecule has 0 saturated carbocycles. The van der Waals surface area contributed by atoms with Gasteiger partial charge in [0.2, 0.25) is 0 Å². The van der Waals surface area contributed by atoms with Crippen LogP contribution in [0.5, 0.6) is 0 Å². The number of benzene rings is 1. The summed E-state index contributed by atoms with van der Waals surface area (Å²) in [4.78, 5) is 6.88. The third kappa shape index (κ3) is 4.37. The van der Waals surface area contributed by atoms with Crippen molar-refractivity contribution < 1.29 is 17.9 Å². The summed E-state index contributed by atoms with van der Waals surface area (Å²) in [7, 11) is 0. The highest BCUT2D eigenvalue weighted by atomic mass is 19.4. The summed E-state index contributed by atoms with van der Waals surface area (Å²) in [6, 6.07) is 5.89. The van der Waals surface area contributed by atoms with E-state index in [1.165, 1.54) is 13.0 Å². The van der Waals surface area contributed by atoms with Crippen molar-refractivity contribution in [1.82, 2.24) is 15.2 Å². The molecule has 4 heterocycles. The topological polar surface area (TPSA) is 89.2 Å². The number of nitrogens with two attached hydrogens (primary N) is 1. The Morgan fingerprint density at radius 2 is 1.97 bits per heavy atom. The van der Waals surface area contributed by atoms with E-state index in [0.717, 1.165) is 43.1 Å². The Morgan fingerprint density at radius 1 is 1.22 bits per heavy atom. The SMILES string of the molecule is Cc1c([C@@H](C)Nc2nncc3ncc(N4CCC5(CC4)CO[C@@H](C)[C@H]5N)cc23)cccc1C(F)(F)F. The predicted molar refractivity (Wildman–Crippen MR) is 133 cm³/mol. The van der Waals surface area contributed by atoms with Crippen molar-refractivity contribution in [2.24, 2.45) is 11.1 Å². The molecule has 0 radical (unpaired) electrons. The van der Waals surface area contributed by atoms with Gasteiger partial charge in [0.05, 0.1) is 47.9 Å². The Balaban J connectivity index is 1.39. The number of halogens is 3. The van der Waals surface area contributed by atoms with Crippen LogP contribution in [-0.4, -0.2) is 47.0 Å². The number of piperidine rings is 1. The van der Waals surface area contributed by atoms with Crippen LogP contribution in [0.3, 0.4) is 0 Å². The number of nitrogens with zero attached hydrogens (tertiary/aromatic N) is 4. The fourth-order valence-corrected chi connectivity index (χ4v) is 5.63. The van der Waals surface area contributed by atoms with Crippen LogP contribution in [-0.2, 0) is 10.9 Å². The fraction of sp³-hybridized carbons (Fsp3) is 0.500. The van der Waals surface area contributed by atoms with Crippen LogP contribution in [0.4, 0.5) is 24.7 Å². The molecule has 36 heavy (non-hydrogen) atoms. The number of aromatic nitrogens is 3. The van der Waals surface area contributed by atoms with Crippen LogP contribution in [0, 0.1) is 12.3 Å². The van der Waals surface area contributed by atoms with Gasteiger partial charge in [-0.2, -0.15) is 18.3 Å². The van der Waals surface area contributed by atoms with E-state index in [4.69, 9.17) is 10.5 Å². The molecule has 3 aromatic rings. The number of ether oxygens (including phenoxy) is 1. The molecule has 2 fully saturated rings. The number of anilines is 2. The minimum atomic E-state index is -4.41. The summed E-state index contributed by atoms with van der Waals surface area (Å²) in [5.74, 6) is 0.486. The third-order valence-corrected chi connectivity index (χ3v) is 7.97. The molecule has 192 valence electrons. The lowest BCUT2D eigenvalue weighted by Crippen LogP contribution is -2.50. The summed E-state index contributed by atoms with van der Waals surface area (Å²) in [6.07, 6.45) is 0.988. The molecule has 3 N–H and O–H groups in total. The molecule has 0 bridgehead atoms. The number of rotatable bonds is 4. The monoisotopic (exact) mass is 500 g/mol. The Hall–Kier alpha value is -2.98. The van der Waals surface area contributed by atoms with Gasteiger partial charge in [-0.3, -0.25) is 4.98 Å². The molecular weight excluding hydrogens is 469 g/mol. The van der Waals surface area contributed by atoms with Gasteiger partial charge < -0.3 is 20.7 Å². The van der Waals surface area contributed by atoms with Crippen molar-refractivity contribution in [1.29, 1.82) is 0 Å². The zero-order chi connectivity index (χ0) is 25.7. The van der Waals surface area contributed by atoms with E-state index in [1.807, 2.05) is 26.1 Å². The second-order valence-corrected chi connectivity index (χ2v) is 10.1. The molecule has 2 aliphatic rings. The van der Waals surface area contributed by atoms with E-state index in [1.54, 1.807) is 12.3 Å². The first-order valence-corrected chi connectivity index (χ1v) is 12.3. The van der Waals surface area contributed by atoms with Crippen LogP contribution in [0.1, 0.15) is 49.4 Å². The fourth-order valence-electron chi connectivity index (χ4n) is 5.63. The lowest BCUT2D eigenvalue weighted by Gasteiger charge is -2.42. The molecule has 2 saturated heterocycles. The number of alkyl halides is 3. The number of fused-ring (bicyclic) bond motifs is 1. The van der Waals surface area contributed by atoms with Gasteiger partial charge in [0, 0.05) is 29.9 Å². The highest BCUT2D eigenvalue weighted by Gasteiger charge is 2.47. The van der Waals surface area contributed by atoms with Crippen molar-refractivity contribution >= 4 is 22.4 Å². The summed E-state index contributed by atoms with van der Waals surface area (Å²) < 4.78 is 46.1. The maximum Gasteiger partial charge on any atom is 0.416 e. The Labute approximate surface area is 208 Å². The van der Waals surface area contributed by atoms with E-state index in [0.29, 0.717) is 23.5 Å². The molecular formula is C26H31F3N6O. The van der Waals surface area contributed by atoms with Crippen molar-refractivity contribution in [3.05, 3.63) is 53.3 Å². The minimum Gasteiger partial charge on any atom is -0.376 e. The van der Waals surface area contributed by atoms with Gasteiger partial charge in [-0.1, -0.05) is 12.1 Å². The normalized spacial score (nSPS) is 22.8.